The monoisotopic (exact) mass is 472 g/mol. The van der Waals surface area contributed by atoms with Gasteiger partial charge in [-0.15, -0.1) is 0 Å². The number of hydrogen-bond donors (Lipinski definition) is 1. The zero-order chi connectivity index (χ0) is 22.9. The van der Waals surface area contributed by atoms with Crippen molar-refractivity contribution in [1.29, 1.82) is 0 Å². The number of nitrogens with zero attached hydrogens (tertiary/aromatic N) is 3. The van der Waals surface area contributed by atoms with E-state index in [1.807, 2.05) is 48.9 Å². The fraction of sp³-hybridized carbons (Fsp3) is 0.478. The molecule has 0 bridgehead atoms. The van der Waals surface area contributed by atoms with Crippen molar-refractivity contribution in [2.24, 2.45) is 0 Å². The number of hydrogen-bond acceptors (Lipinski definition) is 8. The van der Waals surface area contributed by atoms with Gasteiger partial charge in [-0.25, -0.2) is 9.97 Å². The van der Waals surface area contributed by atoms with E-state index in [1.165, 1.54) is 6.33 Å². The highest BCUT2D eigenvalue weighted by atomic mass is 35.5. The Bertz CT molecular complexity index is 1220. The van der Waals surface area contributed by atoms with Crippen LogP contribution in [0.3, 0.4) is 0 Å². The second-order valence-electron chi connectivity index (χ2n) is 9.04. The van der Waals surface area contributed by atoms with Crippen LogP contribution in [0.5, 0.6) is 0 Å². The molecule has 2 N–H and O–H groups in total. The summed E-state index contributed by atoms with van der Waals surface area (Å²) in [6.45, 7) is 3.81. The summed E-state index contributed by atoms with van der Waals surface area (Å²) in [6.07, 6.45) is 1.42. The highest BCUT2D eigenvalue weighted by molar-refractivity contribution is 6.30. The minimum absolute atomic E-state index is 0.370. The number of methoxy groups -OCH3 is 1. The van der Waals surface area contributed by atoms with E-state index in [0.29, 0.717) is 22.9 Å². The third kappa shape index (κ3) is 3.42. The van der Waals surface area contributed by atoms with Crippen molar-refractivity contribution in [3.05, 3.63) is 52.9 Å². The second kappa shape index (κ2) is 7.63. The first kappa shape index (κ1) is 21.3. The van der Waals surface area contributed by atoms with E-state index in [-0.39, 0.29) is 12.2 Å². The van der Waals surface area contributed by atoms with Crippen LogP contribution in [0.4, 0.5) is 5.82 Å². The SMILES string of the molecule is COC1Cc2cc(Cl)ccc2[C@H]([C@H]2O[C@@H](n3ccc4c(N)ncnc43)[C@@H]3OC(C)(C)O[C@@H]32)O1. The molecule has 3 aromatic rings. The molecule has 1 aromatic carbocycles. The molecular weight excluding hydrogens is 448 g/mol. The summed E-state index contributed by atoms with van der Waals surface area (Å²) in [5.41, 5.74) is 8.80. The van der Waals surface area contributed by atoms with Crippen LogP contribution < -0.4 is 5.73 Å². The first-order valence-corrected chi connectivity index (χ1v) is 11.3. The fourth-order valence-corrected chi connectivity index (χ4v) is 5.35. The van der Waals surface area contributed by atoms with Gasteiger partial charge in [-0.05, 0) is 43.2 Å². The molecule has 0 aliphatic carbocycles. The Hall–Kier alpha value is -2.27. The molecule has 3 aliphatic heterocycles. The molecule has 2 aromatic heterocycles. The van der Waals surface area contributed by atoms with Gasteiger partial charge < -0.3 is 34.0 Å². The molecule has 3 aliphatic rings. The molecule has 2 fully saturated rings. The molecule has 5 heterocycles. The standard InChI is InChI=1S/C23H25ClN4O5/c1-23(2)32-18-17(16-13-5-4-12(24)8-11(13)9-15(29-3)30-16)31-22(19(18)33-23)28-7-6-14-20(25)26-10-27-21(14)28/h4-8,10,15-19,22H,9H2,1-3H3,(H2,25,26,27)/t15?,16-,17-,18-,19-,22-/m1/s1. The van der Waals surface area contributed by atoms with Crippen molar-refractivity contribution in [3.63, 3.8) is 0 Å². The number of halogens is 1. The van der Waals surface area contributed by atoms with E-state index in [2.05, 4.69) is 9.97 Å². The number of anilines is 1. The summed E-state index contributed by atoms with van der Waals surface area (Å²) < 4.78 is 33.1. The van der Waals surface area contributed by atoms with Gasteiger partial charge in [0, 0.05) is 24.8 Å². The van der Waals surface area contributed by atoms with Crippen LogP contribution in [0.25, 0.3) is 11.0 Å². The van der Waals surface area contributed by atoms with Crippen LogP contribution in [-0.2, 0) is 30.1 Å². The molecule has 33 heavy (non-hydrogen) atoms. The van der Waals surface area contributed by atoms with E-state index in [1.54, 1.807) is 7.11 Å². The van der Waals surface area contributed by atoms with Crippen LogP contribution in [0.15, 0.2) is 36.8 Å². The molecule has 2 saturated heterocycles. The van der Waals surface area contributed by atoms with Crippen molar-refractivity contribution >= 4 is 28.5 Å². The van der Waals surface area contributed by atoms with Crippen LogP contribution in [0, 0.1) is 0 Å². The zero-order valence-electron chi connectivity index (χ0n) is 18.5. The van der Waals surface area contributed by atoms with E-state index in [4.69, 9.17) is 41.0 Å². The Balaban J connectivity index is 1.42. The predicted octanol–water partition coefficient (Wildman–Crippen LogP) is 3.37. The maximum absolute atomic E-state index is 6.63. The summed E-state index contributed by atoms with van der Waals surface area (Å²) in [5, 5.41) is 1.43. The number of ether oxygens (including phenoxy) is 5. The summed E-state index contributed by atoms with van der Waals surface area (Å²) >= 11 is 6.28. The Labute approximate surface area is 195 Å². The number of fused-ring (bicyclic) bond motifs is 3. The van der Waals surface area contributed by atoms with E-state index in [9.17, 15) is 0 Å². The number of aromatic nitrogens is 3. The Morgan fingerprint density at radius 2 is 1.94 bits per heavy atom. The molecule has 0 saturated carbocycles. The lowest BCUT2D eigenvalue weighted by molar-refractivity contribution is -0.237. The molecule has 0 spiro atoms. The minimum atomic E-state index is -0.773. The van der Waals surface area contributed by atoms with Gasteiger partial charge in [-0.3, -0.25) is 0 Å². The third-order valence-corrected chi connectivity index (χ3v) is 6.77. The summed E-state index contributed by atoms with van der Waals surface area (Å²) in [4.78, 5) is 8.52. The summed E-state index contributed by atoms with van der Waals surface area (Å²) in [7, 11) is 1.63. The lowest BCUT2D eigenvalue weighted by Crippen LogP contribution is -2.40. The van der Waals surface area contributed by atoms with Gasteiger partial charge in [-0.2, -0.15) is 0 Å². The van der Waals surface area contributed by atoms with Crippen LogP contribution in [0.2, 0.25) is 5.02 Å². The normalized spacial score (nSPS) is 32.7. The van der Waals surface area contributed by atoms with Gasteiger partial charge in [0.15, 0.2) is 18.3 Å². The molecule has 1 unspecified atom stereocenters. The number of nitrogens with two attached hydrogens (primary N) is 1. The molecule has 174 valence electrons. The fourth-order valence-electron chi connectivity index (χ4n) is 5.16. The van der Waals surface area contributed by atoms with Crippen molar-refractivity contribution in [1.82, 2.24) is 14.5 Å². The number of benzene rings is 1. The average Bonchev–Trinajstić information content (AvgIpc) is 3.44. The lowest BCUT2D eigenvalue weighted by atomic mass is 9.91. The van der Waals surface area contributed by atoms with Gasteiger partial charge >= 0.3 is 0 Å². The third-order valence-electron chi connectivity index (χ3n) is 6.54. The van der Waals surface area contributed by atoms with Crippen molar-refractivity contribution in [2.75, 3.05) is 12.8 Å². The largest absolute Gasteiger partial charge is 0.383 e. The molecular formula is C23H25ClN4O5. The minimum Gasteiger partial charge on any atom is -0.383 e. The molecule has 6 atom stereocenters. The van der Waals surface area contributed by atoms with Crippen LogP contribution in [0.1, 0.15) is 37.3 Å². The molecule has 9 nitrogen and oxygen atoms in total. The molecule has 10 heteroatoms. The van der Waals surface area contributed by atoms with E-state index >= 15 is 0 Å². The van der Waals surface area contributed by atoms with Crippen molar-refractivity contribution < 1.29 is 23.7 Å². The van der Waals surface area contributed by atoms with Gasteiger partial charge in [-0.1, -0.05) is 17.7 Å². The summed E-state index contributed by atoms with van der Waals surface area (Å²) in [6, 6.07) is 7.69. The Morgan fingerprint density at radius 1 is 1.12 bits per heavy atom. The Kier molecular flexibility index (Phi) is 4.92. The van der Waals surface area contributed by atoms with Gasteiger partial charge in [0.2, 0.25) is 0 Å². The van der Waals surface area contributed by atoms with E-state index in [0.717, 1.165) is 16.5 Å². The maximum Gasteiger partial charge on any atom is 0.164 e. The second-order valence-corrected chi connectivity index (χ2v) is 9.48. The van der Waals surface area contributed by atoms with Crippen LogP contribution in [-0.4, -0.2) is 52.0 Å². The Morgan fingerprint density at radius 3 is 2.76 bits per heavy atom. The quantitative estimate of drug-likeness (QED) is 0.619. The van der Waals surface area contributed by atoms with Crippen molar-refractivity contribution in [3.8, 4) is 0 Å². The topological polar surface area (TPSA) is 103 Å². The molecule has 6 rings (SSSR count). The van der Waals surface area contributed by atoms with Gasteiger partial charge in [0.05, 0.1) is 5.39 Å². The molecule has 0 radical (unpaired) electrons. The van der Waals surface area contributed by atoms with Crippen molar-refractivity contribution in [2.45, 2.75) is 63.0 Å². The van der Waals surface area contributed by atoms with Crippen LogP contribution >= 0.6 is 11.6 Å². The number of nitrogen functional groups attached to an aromatic ring is 1. The average molecular weight is 473 g/mol. The smallest absolute Gasteiger partial charge is 0.164 e. The predicted molar refractivity (Wildman–Crippen MR) is 119 cm³/mol. The van der Waals surface area contributed by atoms with E-state index < -0.39 is 30.5 Å². The highest BCUT2D eigenvalue weighted by Gasteiger charge is 2.59. The van der Waals surface area contributed by atoms with Gasteiger partial charge in [0.1, 0.15) is 42.2 Å². The maximum atomic E-state index is 6.63. The zero-order valence-corrected chi connectivity index (χ0v) is 19.2. The number of rotatable bonds is 3. The lowest BCUT2D eigenvalue weighted by Gasteiger charge is -2.36. The first-order valence-electron chi connectivity index (χ1n) is 10.9. The molecule has 0 amide bonds. The first-order chi connectivity index (χ1) is 15.8. The summed E-state index contributed by atoms with van der Waals surface area (Å²) in [5.74, 6) is -0.358. The van der Waals surface area contributed by atoms with Gasteiger partial charge in [0.25, 0.3) is 0 Å². The highest BCUT2D eigenvalue weighted by Crippen LogP contribution is 2.49.